The number of halogens is 1. The third-order valence-electron chi connectivity index (χ3n) is 3.83. The first-order chi connectivity index (χ1) is 9.33. The van der Waals surface area contributed by atoms with E-state index in [4.69, 9.17) is 4.74 Å². The Hall–Kier alpha value is -1.42. The summed E-state index contributed by atoms with van der Waals surface area (Å²) in [5, 5.41) is 3.34. The Balaban J connectivity index is 1.57. The molecule has 2 heterocycles. The average Bonchev–Trinajstić information content (AvgIpc) is 2.91. The number of benzene rings is 1. The number of ether oxygens (including phenoxy) is 1. The molecule has 2 aliphatic rings. The largest absolute Gasteiger partial charge is 0.475 e. The summed E-state index contributed by atoms with van der Waals surface area (Å²) in [6.07, 6.45) is 2.78. The smallest absolute Gasteiger partial charge is 0.187 e. The summed E-state index contributed by atoms with van der Waals surface area (Å²) >= 11 is 0. The summed E-state index contributed by atoms with van der Waals surface area (Å²) in [4.78, 5) is 4.51. The second-order valence-electron chi connectivity index (χ2n) is 5.24. The van der Waals surface area contributed by atoms with Crippen LogP contribution in [0.15, 0.2) is 29.3 Å². The molecule has 1 unspecified atom stereocenters. The van der Waals surface area contributed by atoms with Crippen molar-refractivity contribution in [2.24, 2.45) is 10.9 Å². The van der Waals surface area contributed by atoms with E-state index < -0.39 is 0 Å². The van der Waals surface area contributed by atoms with E-state index in [-0.39, 0.29) is 11.9 Å². The fourth-order valence-electron chi connectivity index (χ4n) is 2.75. The Morgan fingerprint density at radius 2 is 2.05 bits per heavy atom. The first-order valence-electron chi connectivity index (χ1n) is 6.98. The Bertz CT molecular complexity index is 469. The van der Waals surface area contributed by atoms with Crippen LogP contribution in [0.3, 0.4) is 0 Å². The topological polar surface area (TPSA) is 33.6 Å². The number of nitrogens with zero attached hydrogens (tertiary/aromatic N) is 1. The van der Waals surface area contributed by atoms with Crippen molar-refractivity contribution in [1.82, 2.24) is 5.32 Å². The molecule has 3 nitrogen and oxygen atoms in total. The Morgan fingerprint density at radius 3 is 2.84 bits per heavy atom. The number of piperidine rings is 1. The van der Waals surface area contributed by atoms with Crippen molar-refractivity contribution in [3.63, 3.8) is 0 Å². The predicted octanol–water partition coefficient (Wildman–Crippen LogP) is 2.17. The average molecular weight is 262 g/mol. The molecule has 0 bridgehead atoms. The van der Waals surface area contributed by atoms with Gasteiger partial charge in [0.2, 0.25) is 0 Å². The highest BCUT2D eigenvalue weighted by Gasteiger charge is 2.28. The quantitative estimate of drug-likeness (QED) is 0.905. The second-order valence-corrected chi connectivity index (χ2v) is 5.24. The van der Waals surface area contributed by atoms with E-state index in [0.717, 1.165) is 31.8 Å². The van der Waals surface area contributed by atoms with E-state index in [2.05, 4.69) is 10.3 Å². The van der Waals surface area contributed by atoms with Crippen LogP contribution in [0.25, 0.3) is 0 Å². The maximum absolute atomic E-state index is 13.6. The molecule has 0 aliphatic carbocycles. The maximum atomic E-state index is 13.6. The van der Waals surface area contributed by atoms with Gasteiger partial charge in [-0.3, -0.25) is 4.99 Å². The predicted molar refractivity (Wildman–Crippen MR) is 72.9 cm³/mol. The standard InChI is InChI=1S/C15H19FN2O/c16-14-4-2-1-3-12(14)9-13-10-18-15(19-13)11-5-7-17-8-6-11/h1-4,11,13,17H,5-10H2. The lowest BCUT2D eigenvalue weighted by Gasteiger charge is -2.23. The zero-order chi connectivity index (χ0) is 13.1. The molecule has 1 aromatic carbocycles. The molecule has 0 amide bonds. The van der Waals surface area contributed by atoms with E-state index in [1.54, 1.807) is 6.07 Å². The SMILES string of the molecule is Fc1ccccc1CC1CN=C(C2CCNCC2)O1. The number of hydrogen-bond donors (Lipinski definition) is 1. The summed E-state index contributed by atoms with van der Waals surface area (Å²) < 4.78 is 19.5. The minimum atomic E-state index is -0.151. The molecule has 0 spiro atoms. The monoisotopic (exact) mass is 262 g/mol. The zero-order valence-corrected chi connectivity index (χ0v) is 10.9. The van der Waals surface area contributed by atoms with Crippen LogP contribution in [-0.4, -0.2) is 31.6 Å². The van der Waals surface area contributed by atoms with Gasteiger partial charge < -0.3 is 10.1 Å². The van der Waals surface area contributed by atoms with Gasteiger partial charge in [0, 0.05) is 12.3 Å². The van der Waals surface area contributed by atoms with E-state index in [1.807, 2.05) is 12.1 Å². The van der Waals surface area contributed by atoms with Crippen molar-refractivity contribution in [3.8, 4) is 0 Å². The van der Waals surface area contributed by atoms with Crippen molar-refractivity contribution in [3.05, 3.63) is 35.6 Å². The fourth-order valence-corrected chi connectivity index (χ4v) is 2.75. The highest BCUT2D eigenvalue weighted by Crippen LogP contribution is 2.22. The van der Waals surface area contributed by atoms with Crippen LogP contribution in [-0.2, 0) is 11.2 Å². The van der Waals surface area contributed by atoms with Crippen molar-refractivity contribution in [2.45, 2.75) is 25.4 Å². The van der Waals surface area contributed by atoms with Gasteiger partial charge in [-0.1, -0.05) is 18.2 Å². The van der Waals surface area contributed by atoms with E-state index >= 15 is 0 Å². The molecule has 1 N–H and O–H groups in total. The van der Waals surface area contributed by atoms with Crippen molar-refractivity contribution < 1.29 is 9.13 Å². The molecule has 0 saturated carbocycles. The van der Waals surface area contributed by atoms with Crippen molar-refractivity contribution >= 4 is 5.90 Å². The first-order valence-corrected chi connectivity index (χ1v) is 6.98. The molecule has 4 heteroatoms. The number of hydrogen-bond acceptors (Lipinski definition) is 3. The summed E-state index contributed by atoms with van der Waals surface area (Å²) in [7, 11) is 0. The molecule has 1 saturated heterocycles. The molecule has 1 aromatic rings. The lowest BCUT2D eigenvalue weighted by molar-refractivity contribution is 0.203. The fraction of sp³-hybridized carbons (Fsp3) is 0.533. The van der Waals surface area contributed by atoms with Crippen LogP contribution in [0.2, 0.25) is 0 Å². The van der Waals surface area contributed by atoms with Crippen LogP contribution in [0.4, 0.5) is 4.39 Å². The number of aliphatic imine (C=N–C) groups is 1. The molecule has 19 heavy (non-hydrogen) atoms. The zero-order valence-electron chi connectivity index (χ0n) is 10.9. The first kappa shape index (κ1) is 12.6. The molecule has 0 aromatic heterocycles. The molecular weight excluding hydrogens is 243 g/mol. The Morgan fingerprint density at radius 1 is 1.26 bits per heavy atom. The van der Waals surface area contributed by atoms with Gasteiger partial charge in [-0.2, -0.15) is 0 Å². The Labute approximate surface area is 112 Å². The Kier molecular flexibility index (Phi) is 3.78. The maximum Gasteiger partial charge on any atom is 0.187 e. The highest BCUT2D eigenvalue weighted by atomic mass is 19.1. The van der Waals surface area contributed by atoms with Crippen molar-refractivity contribution in [2.75, 3.05) is 19.6 Å². The van der Waals surface area contributed by atoms with E-state index in [1.165, 1.54) is 6.07 Å². The lowest BCUT2D eigenvalue weighted by Crippen LogP contribution is -2.32. The van der Waals surface area contributed by atoms with Gasteiger partial charge in [-0.15, -0.1) is 0 Å². The minimum absolute atomic E-state index is 0.00165. The van der Waals surface area contributed by atoms with Gasteiger partial charge in [-0.25, -0.2) is 4.39 Å². The summed E-state index contributed by atoms with van der Waals surface area (Å²) in [6.45, 7) is 2.73. The van der Waals surface area contributed by atoms with Crippen molar-refractivity contribution in [1.29, 1.82) is 0 Å². The van der Waals surface area contributed by atoms with Crippen LogP contribution >= 0.6 is 0 Å². The van der Waals surface area contributed by atoms with E-state index in [0.29, 0.717) is 24.4 Å². The highest BCUT2D eigenvalue weighted by molar-refractivity contribution is 5.80. The molecular formula is C15H19FN2O. The summed E-state index contributed by atoms with van der Waals surface area (Å²) in [5.74, 6) is 1.19. The van der Waals surface area contributed by atoms with Gasteiger partial charge in [0.1, 0.15) is 11.9 Å². The van der Waals surface area contributed by atoms with Crippen LogP contribution in [0.5, 0.6) is 0 Å². The third kappa shape index (κ3) is 2.95. The third-order valence-corrected chi connectivity index (χ3v) is 3.83. The second kappa shape index (κ2) is 5.70. The molecule has 1 fully saturated rings. The molecule has 1 atom stereocenters. The number of rotatable bonds is 3. The number of nitrogens with one attached hydrogen (secondary N) is 1. The van der Waals surface area contributed by atoms with Gasteiger partial charge in [0.05, 0.1) is 6.54 Å². The lowest BCUT2D eigenvalue weighted by atomic mass is 9.98. The van der Waals surface area contributed by atoms with Gasteiger partial charge in [0.25, 0.3) is 0 Å². The summed E-state index contributed by atoms with van der Waals surface area (Å²) in [5.41, 5.74) is 0.717. The van der Waals surface area contributed by atoms with Gasteiger partial charge in [-0.05, 0) is 37.6 Å². The summed E-state index contributed by atoms with van der Waals surface area (Å²) in [6, 6.07) is 6.90. The van der Waals surface area contributed by atoms with Gasteiger partial charge in [0.15, 0.2) is 5.90 Å². The molecule has 3 rings (SSSR count). The molecule has 0 radical (unpaired) electrons. The van der Waals surface area contributed by atoms with Crippen LogP contribution in [0, 0.1) is 11.7 Å². The van der Waals surface area contributed by atoms with Crippen LogP contribution < -0.4 is 5.32 Å². The minimum Gasteiger partial charge on any atom is -0.475 e. The normalized spacial score (nSPS) is 24.1. The van der Waals surface area contributed by atoms with E-state index in [9.17, 15) is 4.39 Å². The van der Waals surface area contributed by atoms with Gasteiger partial charge >= 0.3 is 0 Å². The molecule has 102 valence electrons. The van der Waals surface area contributed by atoms with Crippen LogP contribution in [0.1, 0.15) is 18.4 Å². The molecule has 2 aliphatic heterocycles.